The Bertz CT molecular complexity index is 219. The van der Waals surface area contributed by atoms with Crippen molar-refractivity contribution in [2.45, 2.75) is 44.7 Å². The minimum atomic E-state index is 0.470. The molecule has 3 nitrogen and oxygen atoms in total. The zero-order valence-electron chi connectivity index (χ0n) is 10.2. The predicted molar refractivity (Wildman–Crippen MR) is 62.6 cm³/mol. The van der Waals surface area contributed by atoms with Gasteiger partial charge in [-0.25, -0.2) is 0 Å². The third-order valence-corrected chi connectivity index (χ3v) is 3.47. The van der Waals surface area contributed by atoms with E-state index in [4.69, 9.17) is 5.26 Å². The Morgan fingerprint density at radius 2 is 2.27 bits per heavy atom. The van der Waals surface area contributed by atoms with Crippen LogP contribution < -0.4 is 0 Å². The molecule has 0 aromatic heterocycles. The Hall–Kier alpha value is -0.590. The van der Waals surface area contributed by atoms with Gasteiger partial charge in [-0.2, -0.15) is 5.26 Å². The maximum Gasteiger partial charge on any atom is 0.0638 e. The molecule has 86 valence electrons. The van der Waals surface area contributed by atoms with E-state index in [2.05, 4.69) is 36.9 Å². The third-order valence-electron chi connectivity index (χ3n) is 3.47. The van der Waals surface area contributed by atoms with Crippen molar-refractivity contribution in [1.82, 2.24) is 9.80 Å². The van der Waals surface area contributed by atoms with E-state index in [-0.39, 0.29) is 0 Å². The molecule has 0 aromatic carbocycles. The number of hydrogen-bond donors (Lipinski definition) is 0. The maximum absolute atomic E-state index is 8.79. The van der Waals surface area contributed by atoms with Crippen molar-refractivity contribution < 1.29 is 0 Å². The van der Waals surface area contributed by atoms with Gasteiger partial charge < -0.3 is 4.90 Å². The number of rotatable bonds is 4. The van der Waals surface area contributed by atoms with Crippen molar-refractivity contribution in [1.29, 1.82) is 5.26 Å². The second-order valence-corrected chi connectivity index (χ2v) is 4.68. The second kappa shape index (κ2) is 6.09. The van der Waals surface area contributed by atoms with Gasteiger partial charge in [0.05, 0.1) is 12.5 Å². The van der Waals surface area contributed by atoms with Crippen molar-refractivity contribution >= 4 is 0 Å². The molecule has 0 aromatic rings. The molecular formula is C12H23N3. The summed E-state index contributed by atoms with van der Waals surface area (Å²) in [6.45, 7) is 4.49. The molecule has 0 amide bonds. The summed E-state index contributed by atoms with van der Waals surface area (Å²) in [7, 11) is 4.30. The predicted octanol–water partition coefficient (Wildman–Crippen LogP) is 1.70. The van der Waals surface area contributed by atoms with Crippen LogP contribution in [0.4, 0.5) is 0 Å². The van der Waals surface area contributed by atoms with Gasteiger partial charge in [-0.05, 0) is 39.9 Å². The van der Waals surface area contributed by atoms with Gasteiger partial charge in [0.2, 0.25) is 0 Å². The van der Waals surface area contributed by atoms with Crippen LogP contribution in [0.25, 0.3) is 0 Å². The Kier molecular flexibility index (Phi) is 5.07. The van der Waals surface area contributed by atoms with Crippen molar-refractivity contribution in [3.63, 3.8) is 0 Å². The molecule has 1 aliphatic heterocycles. The fraction of sp³-hybridized carbons (Fsp3) is 0.917. The highest BCUT2D eigenvalue weighted by molar-refractivity contribution is 4.87. The molecule has 1 aliphatic rings. The molecule has 1 fully saturated rings. The lowest BCUT2D eigenvalue weighted by Crippen LogP contribution is -2.48. The first-order valence-corrected chi connectivity index (χ1v) is 5.96. The van der Waals surface area contributed by atoms with Crippen LogP contribution in [-0.2, 0) is 0 Å². The fourth-order valence-electron chi connectivity index (χ4n) is 2.37. The Labute approximate surface area is 93.7 Å². The van der Waals surface area contributed by atoms with Crippen LogP contribution in [0.1, 0.15) is 32.6 Å². The molecule has 2 unspecified atom stereocenters. The van der Waals surface area contributed by atoms with E-state index < -0.39 is 0 Å². The molecule has 0 saturated carbocycles. The van der Waals surface area contributed by atoms with Gasteiger partial charge >= 0.3 is 0 Å². The van der Waals surface area contributed by atoms with Gasteiger partial charge in [0, 0.05) is 18.6 Å². The summed E-state index contributed by atoms with van der Waals surface area (Å²) in [4.78, 5) is 4.81. The molecule has 15 heavy (non-hydrogen) atoms. The highest BCUT2D eigenvalue weighted by Gasteiger charge is 2.25. The summed E-state index contributed by atoms with van der Waals surface area (Å²) < 4.78 is 0. The van der Waals surface area contributed by atoms with Gasteiger partial charge in [0.15, 0.2) is 0 Å². The number of nitrogens with zero attached hydrogens (tertiary/aromatic N) is 3. The van der Waals surface area contributed by atoms with E-state index in [1.165, 1.54) is 19.4 Å². The number of likely N-dealkylation sites (tertiary alicyclic amines) is 1. The number of piperidine rings is 1. The quantitative estimate of drug-likeness (QED) is 0.706. The number of hydrogen-bond acceptors (Lipinski definition) is 3. The zero-order valence-corrected chi connectivity index (χ0v) is 10.2. The fourth-order valence-corrected chi connectivity index (χ4v) is 2.37. The molecule has 0 bridgehead atoms. The Morgan fingerprint density at radius 3 is 2.80 bits per heavy atom. The van der Waals surface area contributed by atoms with Crippen molar-refractivity contribution in [3.8, 4) is 6.07 Å². The Morgan fingerprint density at radius 1 is 1.53 bits per heavy atom. The lowest BCUT2D eigenvalue weighted by molar-refractivity contribution is 0.0953. The SMILES string of the molecule is CCC(CC#N)N1CCCC(N(C)C)C1. The monoisotopic (exact) mass is 209 g/mol. The number of likely N-dealkylation sites (N-methyl/N-ethyl adjacent to an activating group) is 1. The first kappa shape index (κ1) is 12.5. The molecule has 3 heteroatoms. The Balaban J connectivity index is 2.50. The van der Waals surface area contributed by atoms with Crippen LogP contribution >= 0.6 is 0 Å². The minimum absolute atomic E-state index is 0.470. The normalized spacial score (nSPS) is 25.1. The van der Waals surface area contributed by atoms with Gasteiger partial charge in [-0.3, -0.25) is 4.90 Å². The smallest absolute Gasteiger partial charge is 0.0638 e. The van der Waals surface area contributed by atoms with Crippen LogP contribution in [0, 0.1) is 11.3 Å². The highest BCUT2D eigenvalue weighted by atomic mass is 15.2. The van der Waals surface area contributed by atoms with Gasteiger partial charge in [0.25, 0.3) is 0 Å². The maximum atomic E-state index is 8.79. The molecule has 0 N–H and O–H groups in total. The van der Waals surface area contributed by atoms with E-state index in [9.17, 15) is 0 Å². The summed E-state index contributed by atoms with van der Waals surface area (Å²) in [5.41, 5.74) is 0. The van der Waals surface area contributed by atoms with E-state index in [0.29, 0.717) is 18.5 Å². The lowest BCUT2D eigenvalue weighted by atomic mass is 10.0. The average Bonchev–Trinajstić information content (AvgIpc) is 2.26. The molecule has 1 heterocycles. The van der Waals surface area contributed by atoms with E-state index >= 15 is 0 Å². The topological polar surface area (TPSA) is 30.3 Å². The molecule has 0 radical (unpaired) electrons. The van der Waals surface area contributed by atoms with E-state index in [1.54, 1.807) is 0 Å². The van der Waals surface area contributed by atoms with Crippen LogP contribution in [0.15, 0.2) is 0 Å². The summed E-state index contributed by atoms with van der Waals surface area (Å²) in [5, 5.41) is 8.79. The van der Waals surface area contributed by atoms with E-state index in [0.717, 1.165) is 13.0 Å². The van der Waals surface area contributed by atoms with Gasteiger partial charge in [-0.15, -0.1) is 0 Å². The largest absolute Gasteiger partial charge is 0.305 e. The summed E-state index contributed by atoms with van der Waals surface area (Å²) in [5.74, 6) is 0. The van der Waals surface area contributed by atoms with Crippen molar-refractivity contribution in [2.75, 3.05) is 27.2 Å². The minimum Gasteiger partial charge on any atom is -0.305 e. The highest BCUT2D eigenvalue weighted by Crippen LogP contribution is 2.18. The van der Waals surface area contributed by atoms with E-state index in [1.807, 2.05) is 0 Å². The number of nitriles is 1. The summed E-state index contributed by atoms with van der Waals surface area (Å²) in [6, 6.07) is 3.45. The molecule has 2 atom stereocenters. The molecular weight excluding hydrogens is 186 g/mol. The zero-order chi connectivity index (χ0) is 11.3. The molecule has 1 saturated heterocycles. The molecule has 0 spiro atoms. The molecule has 1 rings (SSSR count). The average molecular weight is 209 g/mol. The summed E-state index contributed by atoms with van der Waals surface area (Å²) in [6.07, 6.45) is 4.33. The molecule has 0 aliphatic carbocycles. The first-order valence-electron chi connectivity index (χ1n) is 5.96. The van der Waals surface area contributed by atoms with Gasteiger partial charge in [0.1, 0.15) is 0 Å². The van der Waals surface area contributed by atoms with Crippen LogP contribution in [0.3, 0.4) is 0 Å². The van der Waals surface area contributed by atoms with Crippen LogP contribution in [0.5, 0.6) is 0 Å². The van der Waals surface area contributed by atoms with Crippen LogP contribution in [-0.4, -0.2) is 49.1 Å². The third kappa shape index (κ3) is 3.48. The second-order valence-electron chi connectivity index (χ2n) is 4.68. The van der Waals surface area contributed by atoms with Crippen molar-refractivity contribution in [3.05, 3.63) is 0 Å². The van der Waals surface area contributed by atoms with Crippen molar-refractivity contribution in [2.24, 2.45) is 0 Å². The first-order chi connectivity index (χ1) is 7.19. The van der Waals surface area contributed by atoms with Crippen LogP contribution in [0.2, 0.25) is 0 Å². The lowest BCUT2D eigenvalue weighted by Gasteiger charge is -2.39. The standard InChI is InChI=1S/C12H23N3/c1-4-11(7-8-13)15-9-5-6-12(10-15)14(2)3/h11-12H,4-7,9-10H2,1-3H3. The van der Waals surface area contributed by atoms with Gasteiger partial charge in [-0.1, -0.05) is 6.92 Å². The summed E-state index contributed by atoms with van der Waals surface area (Å²) >= 11 is 0.